The van der Waals surface area contributed by atoms with Gasteiger partial charge in [-0.25, -0.2) is 0 Å². The van der Waals surface area contributed by atoms with Crippen molar-refractivity contribution in [1.29, 1.82) is 0 Å². The molecule has 112 valence electrons. The third-order valence-electron chi connectivity index (χ3n) is 4.56. The molecule has 0 saturated heterocycles. The fourth-order valence-corrected chi connectivity index (χ4v) is 2.93. The lowest BCUT2D eigenvalue weighted by Gasteiger charge is -2.58. The van der Waals surface area contributed by atoms with Crippen molar-refractivity contribution in [3.8, 4) is 0 Å². The number of amides is 1. The number of nitrogens with two attached hydrogens (primary N) is 1. The van der Waals surface area contributed by atoms with Gasteiger partial charge in [0.05, 0.1) is 6.10 Å². The largest absolute Gasteiger partial charge is 0.378 e. The standard InChI is InChI=1S/C15H30N2O2/c1-7-9-13(3,4)17-12(18)15(16)10-11(19-8-2)14(15,5)6/h11H,7-10,16H2,1-6H3,(H,17,18). The third kappa shape index (κ3) is 2.95. The van der Waals surface area contributed by atoms with E-state index in [0.29, 0.717) is 13.0 Å². The van der Waals surface area contributed by atoms with Gasteiger partial charge in [0.15, 0.2) is 0 Å². The highest BCUT2D eigenvalue weighted by Crippen LogP contribution is 2.50. The van der Waals surface area contributed by atoms with Crippen molar-refractivity contribution >= 4 is 5.91 Å². The maximum Gasteiger partial charge on any atom is 0.241 e. The number of hydrogen-bond acceptors (Lipinski definition) is 3. The van der Waals surface area contributed by atoms with Gasteiger partial charge in [-0.1, -0.05) is 27.2 Å². The van der Waals surface area contributed by atoms with Gasteiger partial charge in [0.2, 0.25) is 5.91 Å². The molecule has 4 nitrogen and oxygen atoms in total. The summed E-state index contributed by atoms with van der Waals surface area (Å²) in [5, 5.41) is 3.10. The second-order valence-electron chi connectivity index (χ2n) is 6.93. The molecule has 1 aliphatic rings. The van der Waals surface area contributed by atoms with Crippen LogP contribution in [0.15, 0.2) is 0 Å². The molecule has 1 amide bonds. The minimum absolute atomic E-state index is 0.0492. The zero-order chi connectivity index (χ0) is 14.9. The molecule has 0 aromatic rings. The van der Waals surface area contributed by atoms with E-state index in [-0.39, 0.29) is 23.0 Å². The quantitative estimate of drug-likeness (QED) is 0.778. The van der Waals surface area contributed by atoms with Gasteiger partial charge in [0.1, 0.15) is 5.54 Å². The molecule has 1 rings (SSSR count). The van der Waals surface area contributed by atoms with E-state index in [2.05, 4.69) is 12.2 Å². The zero-order valence-corrected chi connectivity index (χ0v) is 13.3. The van der Waals surface area contributed by atoms with Gasteiger partial charge >= 0.3 is 0 Å². The van der Waals surface area contributed by atoms with E-state index in [1.807, 2.05) is 34.6 Å². The average Bonchev–Trinajstić information content (AvgIpc) is 2.27. The summed E-state index contributed by atoms with van der Waals surface area (Å²) >= 11 is 0. The summed E-state index contributed by atoms with van der Waals surface area (Å²) in [5.41, 5.74) is 5.01. The Morgan fingerprint density at radius 2 is 2.00 bits per heavy atom. The third-order valence-corrected chi connectivity index (χ3v) is 4.56. The molecular formula is C15H30N2O2. The van der Waals surface area contributed by atoms with Crippen molar-refractivity contribution in [3.63, 3.8) is 0 Å². The Hall–Kier alpha value is -0.610. The number of carbonyl (C=O) groups is 1. The molecule has 1 fully saturated rings. The summed E-state index contributed by atoms with van der Waals surface area (Å²) in [5.74, 6) is -0.0492. The fraction of sp³-hybridized carbons (Fsp3) is 0.933. The Labute approximate surface area is 117 Å². The van der Waals surface area contributed by atoms with Gasteiger partial charge in [-0.3, -0.25) is 4.79 Å². The van der Waals surface area contributed by atoms with Crippen molar-refractivity contribution < 1.29 is 9.53 Å². The number of ether oxygens (including phenoxy) is 1. The molecule has 0 aliphatic heterocycles. The lowest BCUT2D eigenvalue weighted by Crippen LogP contribution is -2.76. The molecule has 0 aromatic carbocycles. The number of hydrogen-bond donors (Lipinski definition) is 2. The zero-order valence-electron chi connectivity index (χ0n) is 13.3. The molecule has 0 spiro atoms. The SMILES string of the molecule is CCCC(C)(C)NC(=O)C1(N)CC(OCC)C1(C)C. The minimum atomic E-state index is -0.822. The topological polar surface area (TPSA) is 64.4 Å². The molecule has 0 radical (unpaired) electrons. The van der Waals surface area contributed by atoms with Crippen LogP contribution < -0.4 is 11.1 Å². The van der Waals surface area contributed by atoms with Crippen molar-refractivity contribution in [2.45, 2.75) is 78.0 Å². The Morgan fingerprint density at radius 3 is 2.42 bits per heavy atom. The van der Waals surface area contributed by atoms with Crippen LogP contribution in [0.25, 0.3) is 0 Å². The molecule has 2 atom stereocenters. The highest BCUT2D eigenvalue weighted by molar-refractivity contribution is 5.89. The fourth-order valence-electron chi connectivity index (χ4n) is 2.93. The lowest BCUT2D eigenvalue weighted by atomic mass is 9.54. The maximum absolute atomic E-state index is 12.5. The monoisotopic (exact) mass is 270 g/mol. The Bertz CT molecular complexity index is 339. The van der Waals surface area contributed by atoms with Crippen LogP contribution in [0.3, 0.4) is 0 Å². The molecule has 2 unspecified atom stereocenters. The number of carbonyl (C=O) groups excluding carboxylic acids is 1. The summed E-state index contributed by atoms with van der Waals surface area (Å²) in [6.07, 6.45) is 2.66. The molecule has 1 aliphatic carbocycles. The van der Waals surface area contributed by atoms with Crippen LogP contribution in [-0.2, 0) is 9.53 Å². The van der Waals surface area contributed by atoms with Gasteiger partial charge in [0.25, 0.3) is 0 Å². The van der Waals surface area contributed by atoms with Gasteiger partial charge < -0.3 is 15.8 Å². The molecular weight excluding hydrogens is 240 g/mol. The van der Waals surface area contributed by atoms with E-state index in [4.69, 9.17) is 10.5 Å². The van der Waals surface area contributed by atoms with Crippen molar-refractivity contribution in [1.82, 2.24) is 5.32 Å². The first-order valence-electron chi connectivity index (χ1n) is 7.34. The second kappa shape index (κ2) is 5.41. The van der Waals surface area contributed by atoms with E-state index in [1.165, 1.54) is 0 Å². The predicted molar refractivity (Wildman–Crippen MR) is 77.9 cm³/mol. The molecule has 3 N–H and O–H groups in total. The summed E-state index contributed by atoms with van der Waals surface area (Å²) in [4.78, 5) is 12.5. The molecule has 19 heavy (non-hydrogen) atoms. The van der Waals surface area contributed by atoms with Crippen LogP contribution in [0.1, 0.15) is 60.8 Å². The van der Waals surface area contributed by atoms with Crippen LogP contribution >= 0.6 is 0 Å². The van der Waals surface area contributed by atoms with Crippen molar-refractivity contribution in [2.24, 2.45) is 11.1 Å². The van der Waals surface area contributed by atoms with Gasteiger partial charge in [-0.05, 0) is 27.2 Å². The van der Waals surface area contributed by atoms with Crippen LogP contribution in [-0.4, -0.2) is 29.7 Å². The molecule has 0 heterocycles. The molecule has 4 heteroatoms. The van der Waals surface area contributed by atoms with E-state index in [9.17, 15) is 4.79 Å². The van der Waals surface area contributed by atoms with Crippen LogP contribution in [0.4, 0.5) is 0 Å². The van der Waals surface area contributed by atoms with Gasteiger partial charge in [0, 0.05) is 24.0 Å². The molecule has 0 bridgehead atoms. The van der Waals surface area contributed by atoms with Crippen molar-refractivity contribution in [3.05, 3.63) is 0 Å². The smallest absolute Gasteiger partial charge is 0.241 e. The van der Waals surface area contributed by atoms with E-state index < -0.39 is 5.54 Å². The Balaban J connectivity index is 2.73. The summed E-state index contributed by atoms with van der Waals surface area (Å²) in [7, 11) is 0. The Kier molecular flexibility index (Phi) is 4.68. The van der Waals surface area contributed by atoms with Gasteiger partial charge in [-0.2, -0.15) is 0 Å². The molecule has 1 saturated carbocycles. The van der Waals surface area contributed by atoms with E-state index in [1.54, 1.807) is 0 Å². The molecule has 0 aromatic heterocycles. The average molecular weight is 270 g/mol. The summed E-state index contributed by atoms with van der Waals surface area (Å²) < 4.78 is 5.66. The Morgan fingerprint density at radius 1 is 1.42 bits per heavy atom. The van der Waals surface area contributed by atoms with Crippen LogP contribution in [0, 0.1) is 5.41 Å². The maximum atomic E-state index is 12.5. The van der Waals surface area contributed by atoms with Crippen molar-refractivity contribution in [2.75, 3.05) is 6.61 Å². The predicted octanol–water partition coefficient (Wildman–Crippen LogP) is 2.21. The summed E-state index contributed by atoms with van der Waals surface area (Å²) in [6, 6.07) is 0. The van der Waals surface area contributed by atoms with Gasteiger partial charge in [-0.15, -0.1) is 0 Å². The lowest BCUT2D eigenvalue weighted by molar-refractivity contribution is -0.172. The first-order valence-corrected chi connectivity index (χ1v) is 7.34. The van der Waals surface area contributed by atoms with E-state index >= 15 is 0 Å². The van der Waals surface area contributed by atoms with Crippen LogP contribution in [0.5, 0.6) is 0 Å². The van der Waals surface area contributed by atoms with E-state index in [0.717, 1.165) is 12.8 Å². The van der Waals surface area contributed by atoms with Crippen LogP contribution in [0.2, 0.25) is 0 Å². The normalized spacial score (nSPS) is 29.7. The highest BCUT2D eigenvalue weighted by atomic mass is 16.5. The summed E-state index contributed by atoms with van der Waals surface area (Å²) in [6.45, 7) is 12.9. The number of rotatable bonds is 6. The highest BCUT2D eigenvalue weighted by Gasteiger charge is 2.63. The minimum Gasteiger partial charge on any atom is -0.378 e. The first-order chi connectivity index (χ1) is 8.60. The second-order valence-corrected chi connectivity index (χ2v) is 6.93. The number of nitrogens with one attached hydrogen (secondary N) is 1. The first kappa shape index (κ1) is 16.4.